The molecule has 1 N–H and O–H groups in total. The molecule has 118 valence electrons. The van der Waals surface area contributed by atoms with Crippen molar-refractivity contribution < 1.29 is 4.74 Å². The van der Waals surface area contributed by atoms with E-state index in [0.717, 1.165) is 46.7 Å². The largest absolute Gasteiger partial charge is 0.494 e. The maximum atomic E-state index is 5.42. The van der Waals surface area contributed by atoms with E-state index in [1.54, 1.807) is 7.11 Å². The molecule has 0 saturated carbocycles. The van der Waals surface area contributed by atoms with E-state index in [9.17, 15) is 0 Å². The van der Waals surface area contributed by atoms with Gasteiger partial charge < -0.3 is 10.1 Å². The van der Waals surface area contributed by atoms with E-state index in [2.05, 4.69) is 33.5 Å². The first kappa shape index (κ1) is 15.3. The molecular weight excluding hydrogens is 286 g/mol. The van der Waals surface area contributed by atoms with Crippen LogP contribution in [-0.4, -0.2) is 23.6 Å². The summed E-state index contributed by atoms with van der Waals surface area (Å²) >= 11 is 0. The first-order valence-corrected chi connectivity index (χ1v) is 7.77. The number of anilines is 1. The number of hydrogen-bond acceptors (Lipinski definition) is 4. The number of hydrogen-bond donors (Lipinski definition) is 1. The third kappa shape index (κ3) is 3.42. The lowest BCUT2D eigenvalue weighted by Gasteiger charge is -2.12. The Bertz CT molecular complexity index is 813. The first-order valence-electron chi connectivity index (χ1n) is 7.77. The predicted octanol–water partition coefficient (Wildman–Crippen LogP) is 3.91. The zero-order valence-electron chi connectivity index (χ0n) is 13.8. The lowest BCUT2D eigenvalue weighted by Crippen LogP contribution is -2.06. The number of nitrogens with zero attached hydrogens (tertiary/aromatic N) is 2. The van der Waals surface area contributed by atoms with Gasteiger partial charge in [0.15, 0.2) is 0 Å². The lowest BCUT2D eigenvalue weighted by atomic mass is 10.1. The standard InChI is InChI=1S/C19H21N3O/c1-13-7-8-15(12-21-13)9-10-20-17-11-14(2)22-19-16(17)5-4-6-18(19)23-3/h4-8,11-12H,9-10H2,1-3H3,(H,20,22). The highest BCUT2D eigenvalue weighted by molar-refractivity contribution is 5.95. The van der Waals surface area contributed by atoms with E-state index in [-0.39, 0.29) is 0 Å². The van der Waals surface area contributed by atoms with Gasteiger partial charge >= 0.3 is 0 Å². The van der Waals surface area contributed by atoms with Gasteiger partial charge in [0.25, 0.3) is 0 Å². The summed E-state index contributed by atoms with van der Waals surface area (Å²) < 4.78 is 5.42. The van der Waals surface area contributed by atoms with Gasteiger partial charge in [-0.25, -0.2) is 4.98 Å². The van der Waals surface area contributed by atoms with Crippen molar-refractivity contribution in [2.45, 2.75) is 20.3 Å². The average molecular weight is 307 g/mol. The maximum absolute atomic E-state index is 5.42. The molecule has 0 aliphatic heterocycles. The molecule has 0 aliphatic carbocycles. The van der Waals surface area contributed by atoms with E-state index in [4.69, 9.17) is 4.74 Å². The Morgan fingerprint density at radius 2 is 1.96 bits per heavy atom. The normalized spacial score (nSPS) is 10.7. The molecule has 0 amide bonds. The molecule has 0 spiro atoms. The van der Waals surface area contributed by atoms with E-state index < -0.39 is 0 Å². The number of aromatic nitrogens is 2. The molecule has 0 radical (unpaired) electrons. The molecule has 1 aromatic carbocycles. The summed E-state index contributed by atoms with van der Waals surface area (Å²) in [5, 5.41) is 4.60. The molecular formula is C19H21N3O. The Labute approximate surface area is 136 Å². The van der Waals surface area contributed by atoms with Crippen LogP contribution in [-0.2, 0) is 6.42 Å². The second-order valence-corrected chi connectivity index (χ2v) is 5.65. The van der Waals surface area contributed by atoms with Crippen LogP contribution < -0.4 is 10.1 Å². The second kappa shape index (κ2) is 6.65. The van der Waals surface area contributed by atoms with Crippen LogP contribution in [0.5, 0.6) is 5.75 Å². The SMILES string of the molecule is COc1cccc2c(NCCc3ccc(C)nc3)cc(C)nc12. The van der Waals surface area contributed by atoms with Crippen molar-refractivity contribution in [1.29, 1.82) is 0 Å². The summed E-state index contributed by atoms with van der Waals surface area (Å²) in [5.41, 5.74) is 5.24. The van der Waals surface area contributed by atoms with Crippen LogP contribution in [0.4, 0.5) is 5.69 Å². The molecule has 0 aliphatic rings. The number of rotatable bonds is 5. The zero-order valence-corrected chi connectivity index (χ0v) is 13.8. The van der Waals surface area contributed by atoms with Gasteiger partial charge in [0, 0.05) is 35.2 Å². The predicted molar refractivity (Wildman–Crippen MR) is 94.2 cm³/mol. The number of ether oxygens (including phenoxy) is 1. The van der Waals surface area contributed by atoms with Crippen molar-refractivity contribution in [3.05, 3.63) is 59.5 Å². The van der Waals surface area contributed by atoms with Crippen LogP contribution >= 0.6 is 0 Å². The van der Waals surface area contributed by atoms with E-state index in [1.807, 2.05) is 38.2 Å². The number of para-hydroxylation sites is 1. The van der Waals surface area contributed by atoms with Crippen LogP contribution in [0.25, 0.3) is 10.9 Å². The van der Waals surface area contributed by atoms with Crippen LogP contribution in [0.1, 0.15) is 17.0 Å². The molecule has 4 heteroatoms. The van der Waals surface area contributed by atoms with E-state index in [1.165, 1.54) is 5.56 Å². The van der Waals surface area contributed by atoms with Gasteiger partial charge in [0.1, 0.15) is 11.3 Å². The second-order valence-electron chi connectivity index (χ2n) is 5.65. The fourth-order valence-electron chi connectivity index (χ4n) is 2.65. The Hall–Kier alpha value is -2.62. The Balaban J connectivity index is 1.81. The fourth-order valence-corrected chi connectivity index (χ4v) is 2.65. The molecule has 0 bridgehead atoms. The van der Waals surface area contributed by atoms with Crippen LogP contribution in [0.3, 0.4) is 0 Å². The Kier molecular flexibility index (Phi) is 4.42. The van der Waals surface area contributed by atoms with Crippen LogP contribution in [0.15, 0.2) is 42.6 Å². The van der Waals surface area contributed by atoms with E-state index in [0.29, 0.717) is 0 Å². The van der Waals surface area contributed by atoms with Gasteiger partial charge in [0.05, 0.1) is 7.11 Å². The molecule has 0 atom stereocenters. The van der Waals surface area contributed by atoms with Crippen molar-refractivity contribution in [2.24, 2.45) is 0 Å². The van der Waals surface area contributed by atoms with Crippen molar-refractivity contribution in [2.75, 3.05) is 19.0 Å². The maximum Gasteiger partial charge on any atom is 0.145 e. The quantitative estimate of drug-likeness (QED) is 0.776. The van der Waals surface area contributed by atoms with Crippen molar-refractivity contribution in [1.82, 2.24) is 9.97 Å². The molecule has 3 rings (SSSR count). The van der Waals surface area contributed by atoms with Gasteiger partial charge in [-0.2, -0.15) is 0 Å². The number of nitrogens with one attached hydrogen (secondary N) is 1. The number of pyridine rings is 2. The summed E-state index contributed by atoms with van der Waals surface area (Å²) in [5.74, 6) is 0.803. The summed E-state index contributed by atoms with van der Waals surface area (Å²) in [4.78, 5) is 8.95. The highest BCUT2D eigenvalue weighted by Gasteiger charge is 2.08. The fraction of sp³-hybridized carbons (Fsp3) is 0.263. The van der Waals surface area contributed by atoms with Crippen molar-refractivity contribution >= 4 is 16.6 Å². The summed E-state index contributed by atoms with van der Waals surface area (Å²) in [6.07, 6.45) is 2.87. The molecule has 2 heterocycles. The lowest BCUT2D eigenvalue weighted by molar-refractivity contribution is 0.419. The summed E-state index contributed by atoms with van der Waals surface area (Å²) in [6, 6.07) is 12.3. The van der Waals surface area contributed by atoms with Gasteiger partial charge in [0.2, 0.25) is 0 Å². The molecule has 2 aromatic heterocycles. The minimum Gasteiger partial charge on any atom is -0.494 e. The highest BCUT2D eigenvalue weighted by atomic mass is 16.5. The van der Waals surface area contributed by atoms with Gasteiger partial charge in [-0.3, -0.25) is 4.98 Å². The highest BCUT2D eigenvalue weighted by Crippen LogP contribution is 2.29. The third-order valence-corrected chi connectivity index (χ3v) is 3.85. The smallest absolute Gasteiger partial charge is 0.145 e. The molecule has 4 nitrogen and oxygen atoms in total. The molecule has 0 saturated heterocycles. The number of methoxy groups -OCH3 is 1. The number of aryl methyl sites for hydroxylation is 2. The minimum absolute atomic E-state index is 0.803. The van der Waals surface area contributed by atoms with Gasteiger partial charge in [-0.05, 0) is 44.0 Å². The number of benzene rings is 1. The third-order valence-electron chi connectivity index (χ3n) is 3.85. The van der Waals surface area contributed by atoms with Crippen LogP contribution in [0.2, 0.25) is 0 Å². The molecule has 0 unspecified atom stereocenters. The molecule has 0 fully saturated rings. The minimum atomic E-state index is 0.803. The Morgan fingerprint density at radius 1 is 1.09 bits per heavy atom. The zero-order chi connectivity index (χ0) is 16.2. The summed E-state index contributed by atoms with van der Waals surface area (Å²) in [6.45, 7) is 4.85. The Morgan fingerprint density at radius 3 is 2.70 bits per heavy atom. The van der Waals surface area contributed by atoms with Gasteiger partial charge in [-0.1, -0.05) is 18.2 Å². The van der Waals surface area contributed by atoms with Gasteiger partial charge in [-0.15, -0.1) is 0 Å². The topological polar surface area (TPSA) is 47.0 Å². The molecule has 23 heavy (non-hydrogen) atoms. The van der Waals surface area contributed by atoms with Crippen molar-refractivity contribution in [3.63, 3.8) is 0 Å². The van der Waals surface area contributed by atoms with Crippen LogP contribution in [0, 0.1) is 13.8 Å². The first-order chi connectivity index (χ1) is 11.2. The molecule has 3 aromatic rings. The van der Waals surface area contributed by atoms with Crippen molar-refractivity contribution in [3.8, 4) is 5.75 Å². The average Bonchev–Trinajstić information content (AvgIpc) is 2.56. The summed E-state index contributed by atoms with van der Waals surface area (Å²) in [7, 11) is 1.68. The number of fused-ring (bicyclic) bond motifs is 1. The van der Waals surface area contributed by atoms with E-state index >= 15 is 0 Å². The monoisotopic (exact) mass is 307 g/mol.